The molecule has 0 spiro atoms. The van der Waals surface area contributed by atoms with Gasteiger partial charge < -0.3 is 24.5 Å². The summed E-state index contributed by atoms with van der Waals surface area (Å²) in [7, 11) is -6.64. The third-order valence-corrected chi connectivity index (χ3v) is 8.48. The molecule has 2 aromatic rings. The summed E-state index contributed by atoms with van der Waals surface area (Å²) in [6, 6.07) is 6.02. The number of aromatic nitrogens is 2. The van der Waals surface area contributed by atoms with Gasteiger partial charge in [0.2, 0.25) is 0 Å². The van der Waals surface area contributed by atoms with Gasteiger partial charge in [-0.15, -0.1) is 0 Å². The van der Waals surface area contributed by atoms with E-state index in [0.29, 0.717) is 24.4 Å². The SMILES string of the molecule is O=[N+]([O-])c1cn2c(n1)O[C@@H](COc1ccc(N3CCN(S(=O)(=O)C(F)(F)C(F)(F)C(F)(F)C(F)(F)F)CC3)cc1)CC2. The van der Waals surface area contributed by atoms with Gasteiger partial charge in [-0.3, -0.25) is 4.57 Å². The lowest BCUT2D eigenvalue weighted by Crippen LogP contribution is -2.66. The standard InChI is InChI=1S/C21H20F9N5O6S/c22-18(23,20(26,27)28)19(24,25)21(29,30)42(38,39)34-9-7-32(8-10-34)13-1-3-14(4-2-13)40-12-15-5-6-33-11-16(35(36)37)31-17(33)41-15/h1-4,11,15H,5-10,12H2/t15-/m1/s1. The average Bonchev–Trinajstić information content (AvgIpc) is 3.35. The van der Waals surface area contributed by atoms with Crippen molar-refractivity contribution >= 4 is 21.5 Å². The van der Waals surface area contributed by atoms with Crippen molar-refractivity contribution in [3.8, 4) is 11.8 Å². The first-order valence-corrected chi connectivity index (χ1v) is 13.3. The molecule has 0 aliphatic carbocycles. The fourth-order valence-corrected chi connectivity index (χ4v) is 5.57. The molecule has 4 rings (SSSR count). The number of hydrogen-bond acceptors (Lipinski definition) is 8. The molecular formula is C21H20F9N5O6S. The number of aryl methyl sites for hydroxylation is 1. The largest absolute Gasteiger partial charge is 0.490 e. The Morgan fingerprint density at radius 1 is 0.952 bits per heavy atom. The van der Waals surface area contributed by atoms with Crippen molar-refractivity contribution in [3.63, 3.8) is 0 Å². The van der Waals surface area contributed by atoms with Crippen LogP contribution in [0.15, 0.2) is 30.5 Å². The summed E-state index contributed by atoms with van der Waals surface area (Å²) in [5.74, 6) is -14.6. The number of imidazole rings is 1. The molecule has 1 fully saturated rings. The topological polar surface area (TPSA) is 120 Å². The molecule has 234 valence electrons. The molecule has 11 nitrogen and oxygen atoms in total. The number of rotatable bonds is 9. The van der Waals surface area contributed by atoms with Gasteiger partial charge in [0.05, 0.1) is 0 Å². The summed E-state index contributed by atoms with van der Waals surface area (Å²) < 4.78 is 156. The number of alkyl halides is 9. The molecule has 0 saturated carbocycles. The molecule has 1 aromatic heterocycles. The fraction of sp³-hybridized carbons (Fsp3) is 0.571. The van der Waals surface area contributed by atoms with Gasteiger partial charge in [-0.2, -0.15) is 43.8 Å². The van der Waals surface area contributed by atoms with Crippen molar-refractivity contribution in [1.82, 2.24) is 13.9 Å². The normalized spacial score (nSPS) is 19.3. The van der Waals surface area contributed by atoms with Gasteiger partial charge in [-0.1, -0.05) is 0 Å². The minimum Gasteiger partial charge on any atom is -0.490 e. The Labute approximate surface area is 230 Å². The summed E-state index contributed by atoms with van der Waals surface area (Å²) in [5.41, 5.74) is 0.406. The number of hydrogen-bond donors (Lipinski definition) is 0. The number of nitro groups is 1. The van der Waals surface area contributed by atoms with E-state index in [-0.39, 0.29) is 35.8 Å². The van der Waals surface area contributed by atoms with Crippen molar-refractivity contribution in [1.29, 1.82) is 0 Å². The van der Waals surface area contributed by atoms with E-state index in [9.17, 15) is 58.0 Å². The number of halogens is 9. The number of anilines is 1. The summed E-state index contributed by atoms with van der Waals surface area (Å²) in [4.78, 5) is 15.4. The first-order chi connectivity index (χ1) is 19.3. The van der Waals surface area contributed by atoms with Crippen LogP contribution in [-0.2, 0) is 16.6 Å². The number of fused-ring (bicyclic) bond motifs is 1. The number of benzene rings is 1. The summed E-state index contributed by atoms with van der Waals surface area (Å²) in [5, 5.41) is 4.08. The van der Waals surface area contributed by atoms with Crippen LogP contribution in [-0.4, -0.2) is 89.4 Å². The molecule has 0 N–H and O–H groups in total. The van der Waals surface area contributed by atoms with Gasteiger partial charge in [-0.05, 0) is 29.2 Å². The monoisotopic (exact) mass is 641 g/mol. The van der Waals surface area contributed by atoms with E-state index in [1.807, 2.05) is 0 Å². The quantitative estimate of drug-likeness (QED) is 0.230. The zero-order valence-electron chi connectivity index (χ0n) is 20.9. The summed E-state index contributed by atoms with van der Waals surface area (Å²) in [6.07, 6.45) is -5.91. The van der Waals surface area contributed by atoms with Crippen LogP contribution in [0.4, 0.5) is 51.0 Å². The first kappa shape index (κ1) is 31.4. The molecule has 3 heterocycles. The van der Waals surface area contributed by atoms with Crippen molar-refractivity contribution in [3.05, 3.63) is 40.6 Å². The van der Waals surface area contributed by atoms with Gasteiger partial charge in [0.25, 0.3) is 10.0 Å². The predicted octanol–water partition coefficient (Wildman–Crippen LogP) is 3.90. The second-order valence-electron chi connectivity index (χ2n) is 9.22. The molecule has 21 heteroatoms. The molecule has 2 aliphatic rings. The number of piperazine rings is 1. The Morgan fingerprint density at radius 3 is 2.10 bits per heavy atom. The Morgan fingerprint density at radius 2 is 1.55 bits per heavy atom. The smallest absolute Gasteiger partial charge is 0.460 e. The minimum absolute atomic E-state index is 0.0444. The van der Waals surface area contributed by atoms with E-state index < -0.39 is 57.4 Å². The Balaban J connectivity index is 1.33. The number of nitrogens with zero attached hydrogens (tertiary/aromatic N) is 5. The van der Waals surface area contributed by atoms with Gasteiger partial charge >= 0.3 is 35.1 Å². The van der Waals surface area contributed by atoms with Crippen LogP contribution in [0.3, 0.4) is 0 Å². The van der Waals surface area contributed by atoms with E-state index >= 15 is 0 Å². The number of ether oxygens (including phenoxy) is 2. The molecule has 1 aromatic carbocycles. The summed E-state index contributed by atoms with van der Waals surface area (Å²) >= 11 is 0. The Bertz CT molecular complexity index is 1410. The second kappa shape index (κ2) is 10.7. The molecule has 2 aliphatic heterocycles. The lowest BCUT2D eigenvalue weighted by atomic mass is 10.1. The minimum atomic E-state index is -7.33. The van der Waals surface area contributed by atoms with Gasteiger partial charge in [-0.25, -0.2) is 8.42 Å². The van der Waals surface area contributed by atoms with E-state index in [1.54, 1.807) is 0 Å². The summed E-state index contributed by atoms with van der Waals surface area (Å²) in [6.45, 7) is -2.13. The lowest BCUT2D eigenvalue weighted by molar-refractivity contribution is -0.389. The fourth-order valence-electron chi connectivity index (χ4n) is 4.15. The third-order valence-electron chi connectivity index (χ3n) is 6.53. The molecular weight excluding hydrogens is 621 g/mol. The van der Waals surface area contributed by atoms with Crippen LogP contribution in [0.2, 0.25) is 0 Å². The van der Waals surface area contributed by atoms with Crippen LogP contribution in [0.5, 0.6) is 11.8 Å². The first-order valence-electron chi connectivity index (χ1n) is 11.9. The molecule has 0 bridgehead atoms. The lowest BCUT2D eigenvalue weighted by Gasteiger charge is -2.39. The van der Waals surface area contributed by atoms with Gasteiger partial charge in [0.1, 0.15) is 24.7 Å². The maximum atomic E-state index is 14.1. The second-order valence-corrected chi connectivity index (χ2v) is 11.2. The van der Waals surface area contributed by atoms with E-state index in [0.717, 1.165) is 0 Å². The highest BCUT2D eigenvalue weighted by atomic mass is 32.2. The van der Waals surface area contributed by atoms with Crippen molar-refractivity contribution in [2.24, 2.45) is 0 Å². The maximum absolute atomic E-state index is 14.1. The Hall–Kier alpha value is -3.49. The Kier molecular flexibility index (Phi) is 7.98. The van der Waals surface area contributed by atoms with E-state index in [2.05, 4.69) is 4.98 Å². The maximum Gasteiger partial charge on any atom is 0.460 e. The highest BCUT2D eigenvalue weighted by molar-refractivity contribution is 7.90. The molecule has 42 heavy (non-hydrogen) atoms. The zero-order valence-corrected chi connectivity index (χ0v) is 21.7. The van der Waals surface area contributed by atoms with E-state index in [1.165, 1.54) is 39.9 Å². The zero-order chi connectivity index (χ0) is 31.3. The average molecular weight is 641 g/mol. The number of sulfonamides is 1. The van der Waals surface area contributed by atoms with Crippen LogP contribution >= 0.6 is 0 Å². The molecule has 0 amide bonds. The van der Waals surface area contributed by atoms with Gasteiger partial charge in [0.15, 0.2) is 0 Å². The highest BCUT2D eigenvalue weighted by Gasteiger charge is 2.85. The van der Waals surface area contributed by atoms with Crippen LogP contribution in [0.1, 0.15) is 6.42 Å². The van der Waals surface area contributed by atoms with Gasteiger partial charge in [0, 0.05) is 49.8 Å². The third kappa shape index (κ3) is 5.38. The van der Waals surface area contributed by atoms with Crippen molar-refractivity contribution in [2.45, 2.75) is 42.3 Å². The van der Waals surface area contributed by atoms with Crippen molar-refractivity contribution < 1.29 is 62.3 Å². The molecule has 0 radical (unpaired) electrons. The molecule has 1 atom stereocenters. The van der Waals surface area contributed by atoms with Crippen LogP contribution in [0, 0.1) is 10.1 Å². The molecule has 1 saturated heterocycles. The van der Waals surface area contributed by atoms with E-state index in [4.69, 9.17) is 9.47 Å². The highest BCUT2D eigenvalue weighted by Crippen LogP contribution is 2.55. The van der Waals surface area contributed by atoms with Crippen LogP contribution in [0.25, 0.3) is 0 Å². The predicted molar refractivity (Wildman–Crippen MR) is 123 cm³/mol. The van der Waals surface area contributed by atoms with Crippen molar-refractivity contribution in [2.75, 3.05) is 37.7 Å². The van der Waals surface area contributed by atoms with Crippen LogP contribution < -0.4 is 14.4 Å². The molecule has 0 unspecified atom stereocenters.